The smallest absolute Gasteiger partial charge is 0.273 e. The number of piperazine rings is 1. The Kier molecular flexibility index (Phi) is 5.82. The third kappa shape index (κ3) is 4.00. The summed E-state index contributed by atoms with van der Waals surface area (Å²) in [5.41, 5.74) is 1.77. The number of piperidine rings is 1. The van der Waals surface area contributed by atoms with Gasteiger partial charge in [0.15, 0.2) is 0 Å². The molecule has 1 aromatic carbocycles. The van der Waals surface area contributed by atoms with Gasteiger partial charge in [-0.25, -0.2) is 4.98 Å². The van der Waals surface area contributed by atoms with E-state index in [-0.39, 0.29) is 5.91 Å². The number of nitrogens with zero attached hydrogens (tertiary/aromatic N) is 4. The van der Waals surface area contributed by atoms with Crippen LogP contribution in [-0.2, 0) is 0 Å². The Bertz CT molecular complexity index is 816. The first kappa shape index (κ1) is 19.2. The van der Waals surface area contributed by atoms with Crippen molar-refractivity contribution in [2.75, 3.05) is 51.3 Å². The maximum Gasteiger partial charge on any atom is 0.273 e. The van der Waals surface area contributed by atoms with Crippen LogP contribution in [0.2, 0.25) is 0 Å². The van der Waals surface area contributed by atoms with E-state index in [0.717, 1.165) is 62.9 Å². The average molecular weight is 401 g/mol. The van der Waals surface area contributed by atoms with Crippen molar-refractivity contribution in [3.63, 3.8) is 0 Å². The lowest BCUT2D eigenvalue weighted by atomic mass is 10.0. The molecule has 150 valence electrons. The van der Waals surface area contributed by atoms with Crippen LogP contribution in [0, 0.1) is 6.92 Å². The number of aromatic nitrogens is 1. The van der Waals surface area contributed by atoms with Gasteiger partial charge in [0.05, 0.1) is 17.8 Å². The minimum absolute atomic E-state index is 0.0849. The molecule has 0 saturated carbocycles. The molecule has 0 N–H and O–H groups in total. The molecule has 4 rings (SSSR count). The number of methoxy groups -OCH3 is 1. The predicted octanol–water partition coefficient (Wildman–Crippen LogP) is 2.89. The highest BCUT2D eigenvalue weighted by atomic mass is 32.1. The van der Waals surface area contributed by atoms with Crippen molar-refractivity contribution < 1.29 is 9.53 Å². The molecule has 6 nitrogen and oxygen atoms in total. The average Bonchev–Trinajstić information content (AvgIpc) is 3.19. The van der Waals surface area contributed by atoms with Crippen LogP contribution in [0.5, 0.6) is 5.75 Å². The predicted molar refractivity (Wildman–Crippen MR) is 113 cm³/mol. The summed E-state index contributed by atoms with van der Waals surface area (Å²) in [6.45, 7) is 7.59. The quantitative estimate of drug-likeness (QED) is 0.790. The second-order valence-electron chi connectivity index (χ2n) is 7.49. The zero-order chi connectivity index (χ0) is 19.5. The molecule has 28 heavy (non-hydrogen) atoms. The number of likely N-dealkylation sites (tertiary alicyclic amines) is 1. The van der Waals surface area contributed by atoms with E-state index < -0.39 is 0 Å². The molecule has 0 bridgehead atoms. The number of para-hydroxylation sites is 2. The van der Waals surface area contributed by atoms with Gasteiger partial charge in [-0.05, 0) is 31.9 Å². The van der Waals surface area contributed by atoms with Gasteiger partial charge in [-0.3, -0.25) is 9.69 Å². The van der Waals surface area contributed by atoms with Gasteiger partial charge in [-0.1, -0.05) is 12.1 Å². The largest absolute Gasteiger partial charge is 0.495 e. The van der Waals surface area contributed by atoms with Crippen molar-refractivity contribution >= 4 is 22.9 Å². The molecule has 2 aliphatic heterocycles. The van der Waals surface area contributed by atoms with E-state index in [1.54, 1.807) is 18.4 Å². The maximum absolute atomic E-state index is 12.8. The summed E-state index contributed by atoms with van der Waals surface area (Å²) in [5.74, 6) is 1.02. The van der Waals surface area contributed by atoms with E-state index in [1.165, 1.54) is 5.69 Å². The van der Waals surface area contributed by atoms with E-state index in [4.69, 9.17) is 4.74 Å². The van der Waals surface area contributed by atoms with E-state index in [9.17, 15) is 4.79 Å². The van der Waals surface area contributed by atoms with Gasteiger partial charge in [-0.2, -0.15) is 0 Å². The van der Waals surface area contributed by atoms with Crippen molar-refractivity contribution in [2.24, 2.45) is 0 Å². The van der Waals surface area contributed by atoms with Crippen LogP contribution >= 0.6 is 11.3 Å². The number of ether oxygens (including phenoxy) is 1. The lowest BCUT2D eigenvalue weighted by Gasteiger charge is -2.44. The summed E-state index contributed by atoms with van der Waals surface area (Å²) >= 11 is 1.54. The summed E-state index contributed by atoms with van der Waals surface area (Å²) < 4.78 is 5.52. The molecule has 2 saturated heterocycles. The first-order valence-electron chi connectivity index (χ1n) is 9.99. The molecular formula is C21H28N4O2S. The third-order valence-electron chi connectivity index (χ3n) is 5.78. The van der Waals surface area contributed by atoms with Gasteiger partial charge in [-0.15, -0.1) is 11.3 Å². The number of thiazole rings is 1. The van der Waals surface area contributed by atoms with Crippen molar-refractivity contribution in [3.8, 4) is 5.75 Å². The molecular weight excluding hydrogens is 372 g/mol. The number of benzene rings is 1. The number of rotatable bonds is 4. The highest BCUT2D eigenvalue weighted by molar-refractivity contribution is 7.09. The van der Waals surface area contributed by atoms with Gasteiger partial charge in [0, 0.05) is 50.7 Å². The number of amides is 1. The minimum atomic E-state index is 0.0849. The van der Waals surface area contributed by atoms with E-state index in [0.29, 0.717) is 11.7 Å². The topological polar surface area (TPSA) is 48.9 Å². The number of carbonyl (C=O) groups is 1. The zero-order valence-corrected chi connectivity index (χ0v) is 17.5. The van der Waals surface area contributed by atoms with E-state index >= 15 is 0 Å². The van der Waals surface area contributed by atoms with Crippen LogP contribution < -0.4 is 9.64 Å². The normalized spacial score (nSPS) is 21.0. The van der Waals surface area contributed by atoms with Crippen LogP contribution in [0.25, 0.3) is 0 Å². The Morgan fingerprint density at radius 2 is 1.96 bits per heavy atom. The van der Waals surface area contributed by atoms with Gasteiger partial charge >= 0.3 is 0 Å². The number of hydrogen-bond donors (Lipinski definition) is 0. The van der Waals surface area contributed by atoms with Gasteiger partial charge in [0.1, 0.15) is 11.4 Å². The SMILES string of the molecule is COc1ccccc1N1CCN([C@H]2CCCN(C(=O)c3csc(C)n3)C2)CC1. The van der Waals surface area contributed by atoms with Gasteiger partial charge < -0.3 is 14.5 Å². The molecule has 2 aliphatic rings. The maximum atomic E-state index is 12.8. The first-order chi connectivity index (χ1) is 13.7. The van der Waals surface area contributed by atoms with E-state index in [2.05, 4.69) is 26.9 Å². The van der Waals surface area contributed by atoms with Crippen LogP contribution in [0.3, 0.4) is 0 Å². The fourth-order valence-electron chi connectivity index (χ4n) is 4.28. The van der Waals surface area contributed by atoms with Crippen molar-refractivity contribution in [1.29, 1.82) is 0 Å². The number of carbonyl (C=O) groups excluding carboxylic acids is 1. The first-order valence-corrected chi connectivity index (χ1v) is 10.9. The Morgan fingerprint density at radius 1 is 1.18 bits per heavy atom. The molecule has 7 heteroatoms. The zero-order valence-electron chi connectivity index (χ0n) is 16.6. The summed E-state index contributed by atoms with van der Waals surface area (Å²) in [5, 5.41) is 2.83. The molecule has 1 aromatic heterocycles. The Hall–Kier alpha value is -2.12. The summed E-state index contributed by atoms with van der Waals surface area (Å²) in [4.78, 5) is 24.1. The Morgan fingerprint density at radius 3 is 2.68 bits per heavy atom. The number of aryl methyl sites for hydroxylation is 1. The summed E-state index contributed by atoms with van der Waals surface area (Å²) in [6.07, 6.45) is 2.22. The van der Waals surface area contributed by atoms with Crippen LogP contribution in [0.15, 0.2) is 29.6 Å². The lowest BCUT2D eigenvalue weighted by molar-refractivity contribution is 0.0558. The second kappa shape index (κ2) is 8.49. The summed E-state index contributed by atoms with van der Waals surface area (Å²) in [6, 6.07) is 8.67. The van der Waals surface area contributed by atoms with Crippen molar-refractivity contribution in [2.45, 2.75) is 25.8 Å². The van der Waals surface area contributed by atoms with Crippen molar-refractivity contribution in [1.82, 2.24) is 14.8 Å². The summed E-state index contributed by atoms with van der Waals surface area (Å²) in [7, 11) is 1.73. The van der Waals surface area contributed by atoms with Crippen LogP contribution in [0.4, 0.5) is 5.69 Å². The fraction of sp³-hybridized carbons (Fsp3) is 0.524. The molecule has 1 atom stereocenters. The molecule has 0 unspecified atom stereocenters. The highest BCUT2D eigenvalue weighted by Gasteiger charge is 2.31. The molecule has 3 heterocycles. The van der Waals surface area contributed by atoms with E-state index in [1.807, 2.05) is 29.3 Å². The minimum Gasteiger partial charge on any atom is -0.495 e. The monoisotopic (exact) mass is 400 g/mol. The number of hydrogen-bond acceptors (Lipinski definition) is 6. The van der Waals surface area contributed by atoms with Crippen LogP contribution in [-0.4, -0.2) is 73.1 Å². The molecule has 0 spiro atoms. The lowest BCUT2D eigenvalue weighted by Crippen LogP contribution is -2.56. The highest BCUT2D eigenvalue weighted by Crippen LogP contribution is 2.29. The second-order valence-corrected chi connectivity index (χ2v) is 8.56. The Labute approximate surface area is 170 Å². The van der Waals surface area contributed by atoms with Gasteiger partial charge in [0.2, 0.25) is 0 Å². The molecule has 0 radical (unpaired) electrons. The molecule has 1 amide bonds. The third-order valence-corrected chi connectivity index (χ3v) is 6.55. The standard InChI is InChI=1S/C21H28N4O2S/c1-16-22-18(15-28-16)21(26)25-9-5-6-17(14-25)23-10-12-24(13-11-23)19-7-3-4-8-20(19)27-2/h3-4,7-8,15,17H,5-6,9-14H2,1-2H3/t17-/m0/s1. The Balaban J connectivity index is 1.36. The molecule has 2 fully saturated rings. The fourth-order valence-corrected chi connectivity index (χ4v) is 4.87. The number of anilines is 1. The molecule has 0 aliphatic carbocycles. The van der Waals surface area contributed by atoms with Crippen molar-refractivity contribution in [3.05, 3.63) is 40.3 Å². The van der Waals surface area contributed by atoms with Gasteiger partial charge in [0.25, 0.3) is 5.91 Å². The molecule has 2 aromatic rings. The van der Waals surface area contributed by atoms with Crippen LogP contribution in [0.1, 0.15) is 28.3 Å².